The first kappa shape index (κ1) is 52.5. The van der Waals surface area contributed by atoms with Crippen molar-refractivity contribution in [2.45, 2.75) is 219 Å². The van der Waals surface area contributed by atoms with Crippen molar-refractivity contribution in [3.8, 4) is 0 Å². The summed E-state index contributed by atoms with van der Waals surface area (Å²) >= 11 is 7.76. The molecule has 0 bridgehead atoms. The van der Waals surface area contributed by atoms with Crippen molar-refractivity contribution >= 4 is 98.6 Å². The summed E-state index contributed by atoms with van der Waals surface area (Å²) in [6, 6.07) is 11.5. The zero-order valence-corrected chi connectivity index (χ0v) is 45.0. The molecule has 2 aliphatic rings. The molecular formula is C60H80Br2N2O4. The fourth-order valence-corrected chi connectivity index (χ4v) is 12.8. The molecule has 368 valence electrons. The molecule has 4 amide bonds. The first-order valence-electron chi connectivity index (χ1n) is 27.6. The third kappa shape index (κ3) is 12.4. The first-order valence-corrected chi connectivity index (χ1v) is 29.2. The lowest BCUT2D eigenvalue weighted by Crippen LogP contribution is -2.41. The predicted molar refractivity (Wildman–Crippen MR) is 293 cm³/mol. The Morgan fingerprint density at radius 3 is 0.838 bits per heavy atom. The van der Waals surface area contributed by atoms with Crippen LogP contribution in [0.25, 0.3) is 43.1 Å². The average molecular weight is 1050 g/mol. The molecule has 7 rings (SSSR count). The molecule has 0 radical (unpaired) electrons. The van der Waals surface area contributed by atoms with Gasteiger partial charge in [0.1, 0.15) is 0 Å². The third-order valence-corrected chi connectivity index (χ3v) is 16.6. The minimum Gasteiger partial charge on any atom is -0.274 e. The molecule has 0 fully saturated rings. The summed E-state index contributed by atoms with van der Waals surface area (Å²) in [7, 11) is 0. The van der Waals surface area contributed by atoms with Gasteiger partial charge in [-0.1, -0.05) is 250 Å². The molecule has 0 spiro atoms. The maximum absolute atomic E-state index is 14.3. The number of rotatable bonds is 34. The highest BCUT2D eigenvalue weighted by Gasteiger charge is 2.38. The average Bonchev–Trinajstić information content (AvgIpc) is 3.34. The van der Waals surface area contributed by atoms with Crippen LogP contribution in [0.4, 0.5) is 0 Å². The molecule has 0 N–H and O–H groups in total. The van der Waals surface area contributed by atoms with Crippen LogP contribution >= 0.6 is 31.9 Å². The minimum atomic E-state index is -0.247. The fraction of sp³-hybridized carbons (Fsp3) is 0.600. The van der Waals surface area contributed by atoms with Gasteiger partial charge in [0, 0.05) is 76.6 Å². The summed E-state index contributed by atoms with van der Waals surface area (Å²) in [5, 5.41) is 6.59. The van der Waals surface area contributed by atoms with E-state index in [1.54, 1.807) is 0 Å². The Labute approximate surface area is 425 Å². The van der Waals surface area contributed by atoms with E-state index in [4.69, 9.17) is 0 Å². The lowest BCUT2D eigenvalue weighted by Gasteiger charge is -2.31. The Bertz CT molecular complexity index is 2320. The van der Waals surface area contributed by atoms with Crippen molar-refractivity contribution in [2.24, 2.45) is 0 Å². The summed E-state index contributed by atoms with van der Waals surface area (Å²) in [5.41, 5.74) is 2.15. The van der Waals surface area contributed by atoms with Crippen LogP contribution in [-0.2, 0) is 0 Å². The molecular weight excluding hydrogens is 972 g/mol. The van der Waals surface area contributed by atoms with Crippen LogP contribution in [0.15, 0.2) is 45.3 Å². The van der Waals surface area contributed by atoms with Gasteiger partial charge in [0.15, 0.2) is 0 Å². The van der Waals surface area contributed by atoms with E-state index in [0.717, 1.165) is 79.8 Å². The molecule has 0 atom stereocenters. The molecule has 0 saturated heterocycles. The number of unbranched alkanes of at least 4 members (excludes halogenated alkanes) is 30. The molecule has 2 aliphatic heterocycles. The minimum absolute atomic E-state index is 0.237. The van der Waals surface area contributed by atoms with E-state index in [0.29, 0.717) is 46.1 Å². The third-order valence-electron chi connectivity index (χ3n) is 15.4. The lowest BCUT2D eigenvalue weighted by atomic mass is 9.82. The Hall–Kier alpha value is -3.36. The van der Waals surface area contributed by atoms with E-state index in [1.165, 1.54) is 177 Å². The standard InChI is InChI=1S/C60H80Br2N2O4/c1-3-5-7-9-11-13-15-17-19-21-23-25-27-29-31-33-39-63-57(65)45-37-35-43-54-50(62)42-48-52-46(38-36-44(56(52)54)53-49(61)41-47(59(63)67)51(45)55(43)53)58(66)64(60(48)68)40-34-32-30-28-26-24-22-20-18-16-14-12-10-8-6-4-2/h35-38,41-42H,3-34,39-40H2,1-2H3. The largest absolute Gasteiger partial charge is 0.274 e. The number of nitrogens with zero attached hydrogens (tertiary/aromatic N) is 2. The van der Waals surface area contributed by atoms with Gasteiger partial charge in [-0.15, -0.1) is 0 Å². The monoisotopic (exact) mass is 1050 g/mol. The number of halogens is 2. The summed E-state index contributed by atoms with van der Waals surface area (Å²) in [5.74, 6) is -0.967. The molecule has 0 aromatic heterocycles. The number of amides is 4. The van der Waals surface area contributed by atoms with Gasteiger partial charge in [-0.2, -0.15) is 0 Å². The van der Waals surface area contributed by atoms with Crippen molar-refractivity contribution in [3.63, 3.8) is 0 Å². The van der Waals surface area contributed by atoms with Gasteiger partial charge in [-0.05, 0) is 47.9 Å². The molecule has 0 aliphatic carbocycles. The van der Waals surface area contributed by atoms with E-state index < -0.39 is 0 Å². The predicted octanol–water partition coefficient (Wildman–Crippen LogP) is 19.0. The van der Waals surface area contributed by atoms with Gasteiger partial charge in [0.25, 0.3) is 23.6 Å². The zero-order valence-electron chi connectivity index (χ0n) is 41.8. The normalized spacial score (nSPS) is 13.9. The van der Waals surface area contributed by atoms with Crippen LogP contribution in [0, 0.1) is 0 Å². The number of hydrogen-bond donors (Lipinski definition) is 0. The Kier molecular flexibility index (Phi) is 20.6. The van der Waals surface area contributed by atoms with Crippen LogP contribution in [0.3, 0.4) is 0 Å². The smallest absolute Gasteiger partial charge is 0.261 e. The van der Waals surface area contributed by atoms with Crippen molar-refractivity contribution < 1.29 is 19.2 Å². The molecule has 6 nitrogen and oxygen atoms in total. The number of hydrogen-bond acceptors (Lipinski definition) is 4. The Balaban J connectivity index is 0.932. The molecule has 0 unspecified atom stereocenters. The number of carbonyl (C=O) groups excluding carboxylic acids is 4. The maximum Gasteiger partial charge on any atom is 0.261 e. The molecule has 5 aromatic carbocycles. The van der Waals surface area contributed by atoms with Crippen LogP contribution in [0.5, 0.6) is 0 Å². The summed E-state index contributed by atoms with van der Waals surface area (Å²) in [4.78, 5) is 59.8. The van der Waals surface area contributed by atoms with Crippen molar-refractivity contribution in [2.75, 3.05) is 13.1 Å². The van der Waals surface area contributed by atoms with Gasteiger partial charge in [0.2, 0.25) is 0 Å². The van der Waals surface area contributed by atoms with Crippen molar-refractivity contribution in [3.05, 3.63) is 67.6 Å². The SMILES string of the molecule is CCCCCCCCCCCCCCCCCCN1C(=O)c2ccc3c4c(Br)cc5c6c(ccc(c7c(Br)cc(c2c37)C1=O)c64)C(=O)N(CCCCCCCCCCCCCCCCCC)C5=O. The molecule has 5 aromatic rings. The topological polar surface area (TPSA) is 74.8 Å². The first-order chi connectivity index (χ1) is 33.3. The fourth-order valence-electron chi connectivity index (χ4n) is 11.5. The van der Waals surface area contributed by atoms with E-state index in [2.05, 4.69) is 45.7 Å². The number of imide groups is 2. The van der Waals surface area contributed by atoms with Gasteiger partial charge >= 0.3 is 0 Å². The Morgan fingerprint density at radius 2 is 0.559 bits per heavy atom. The van der Waals surface area contributed by atoms with E-state index in [1.807, 2.05) is 36.4 Å². The van der Waals surface area contributed by atoms with Gasteiger partial charge in [-0.3, -0.25) is 29.0 Å². The summed E-state index contributed by atoms with van der Waals surface area (Å²) < 4.78 is 1.51. The Morgan fingerprint density at radius 1 is 0.309 bits per heavy atom. The molecule has 2 heterocycles. The highest BCUT2D eigenvalue weighted by Crippen LogP contribution is 2.50. The zero-order chi connectivity index (χ0) is 47.8. The van der Waals surface area contributed by atoms with Gasteiger partial charge in [-0.25, -0.2) is 0 Å². The quantitative estimate of drug-likeness (QED) is 0.0178. The number of fused-ring (bicyclic) bond motifs is 2. The van der Waals surface area contributed by atoms with Crippen LogP contribution < -0.4 is 0 Å². The van der Waals surface area contributed by atoms with Crippen LogP contribution in [-0.4, -0.2) is 46.5 Å². The van der Waals surface area contributed by atoms with Crippen molar-refractivity contribution in [1.29, 1.82) is 0 Å². The van der Waals surface area contributed by atoms with Gasteiger partial charge in [0.05, 0.1) is 0 Å². The number of carbonyl (C=O) groups is 4. The lowest BCUT2D eigenvalue weighted by molar-refractivity contribution is 0.0592. The van der Waals surface area contributed by atoms with Gasteiger partial charge < -0.3 is 0 Å². The maximum atomic E-state index is 14.3. The molecule has 0 saturated carbocycles. The second-order valence-electron chi connectivity index (χ2n) is 20.5. The van der Waals surface area contributed by atoms with E-state index in [-0.39, 0.29) is 23.6 Å². The number of benzene rings is 5. The molecule has 68 heavy (non-hydrogen) atoms. The van der Waals surface area contributed by atoms with Crippen LogP contribution in [0.1, 0.15) is 261 Å². The van der Waals surface area contributed by atoms with Crippen LogP contribution in [0.2, 0.25) is 0 Å². The highest BCUT2D eigenvalue weighted by molar-refractivity contribution is 9.11. The summed E-state index contributed by atoms with van der Waals surface area (Å²) in [6.07, 6.45) is 40.8. The second kappa shape index (κ2) is 26.7. The second-order valence-corrected chi connectivity index (χ2v) is 22.2. The highest BCUT2D eigenvalue weighted by atomic mass is 79.9. The van der Waals surface area contributed by atoms with E-state index in [9.17, 15) is 19.2 Å². The van der Waals surface area contributed by atoms with E-state index >= 15 is 0 Å². The van der Waals surface area contributed by atoms with Crippen molar-refractivity contribution in [1.82, 2.24) is 9.80 Å². The molecule has 8 heteroatoms. The summed E-state index contributed by atoms with van der Waals surface area (Å²) in [6.45, 7) is 5.38.